The summed E-state index contributed by atoms with van der Waals surface area (Å²) < 4.78 is 12.8. The number of aryl methyl sites for hydroxylation is 8. The lowest BCUT2D eigenvalue weighted by atomic mass is 9.69. The Bertz CT molecular complexity index is 4370. The van der Waals surface area contributed by atoms with Gasteiger partial charge in [0.15, 0.2) is 0 Å². The van der Waals surface area contributed by atoms with Crippen molar-refractivity contribution in [1.82, 2.24) is 0 Å². The number of methoxy groups -OCH3 is 2. The van der Waals surface area contributed by atoms with Crippen molar-refractivity contribution in [1.29, 1.82) is 0 Å². The van der Waals surface area contributed by atoms with Crippen LogP contribution in [0.25, 0.3) is 45.6 Å². The monoisotopic (exact) mass is 1400 g/mol. The Morgan fingerprint density at radius 1 is 0.422 bits per heavy atom. The van der Waals surface area contributed by atoms with Crippen LogP contribution in [0.15, 0.2) is 131 Å². The molecule has 6 aliphatic rings. The molecule has 0 aliphatic heterocycles. The molecule has 0 aromatic heterocycles. The molecule has 6 aromatic rings. The van der Waals surface area contributed by atoms with Gasteiger partial charge in [0.25, 0.3) is 0 Å². The molecule has 2 saturated carbocycles. The van der Waals surface area contributed by atoms with Crippen molar-refractivity contribution in [3.8, 4) is 28.0 Å². The zero-order chi connectivity index (χ0) is 75.5. The van der Waals surface area contributed by atoms with Crippen LogP contribution < -0.4 is 4.74 Å². The van der Waals surface area contributed by atoms with Crippen LogP contribution in [0.2, 0.25) is 37.3 Å². The number of hydrogen-bond donors (Lipinski definition) is 0. The van der Waals surface area contributed by atoms with Gasteiger partial charge in [-0.25, -0.2) is 0 Å². The lowest BCUT2D eigenvalue weighted by Gasteiger charge is -2.46. The Balaban J connectivity index is 0.000000212. The third kappa shape index (κ3) is 14.7. The lowest BCUT2D eigenvalue weighted by molar-refractivity contribution is 0.274. The van der Waals surface area contributed by atoms with Crippen molar-refractivity contribution in [2.24, 2.45) is 40.4 Å². The first-order valence-electron chi connectivity index (χ1n) is 39.4. The summed E-state index contributed by atoms with van der Waals surface area (Å²) >= 11 is 0. The van der Waals surface area contributed by atoms with Gasteiger partial charge < -0.3 is 9.47 Å². The van der Waals surface area contributed by atoms with Crippen molar-refractivity contribution in [3.05, 3.63) is 225 Å². The molecule has 2 fully saturated rings. The first-order valence-corrected chi connectivity index (χ1v) is 45.7. The van der Waals surface area contributed by atoms with Gasteiger partial charge in [0.2, 0.25) is 0 Å². The summed E-state index contributed by atoms with van der Waals surface area (Å²) in [6, 6.07) is 33.7. The number of hydrogen-bond acceptors (Lipinski definition) is 2. The zero-order valence-corrected chi connectivity index (χ0v) is 72.2. The molecule has 4 heteroatoms. The van der Waals surface area contributed by atoms with E-state index < -0.39 is 16.1 Å². The van der Waals surface area contributed by atoms with E-state index in [1.807, 2.05) is 14.2 Å². The Morgan fingerprint density at radius 3 is 1.23 bits per heavy atom. The molecular weight excluding hydrogens is 1270 g/mol. The minimum Gasteiger partial charge on any atom is -0.496 e. The first-order chi connectivity index (χ1) is 47.3. The fourth-order valence-electron chi connectivity index (χ4n) is 21.8. The Labute approximate surface area is 624 Å². The van der Waals surface area contributed by atoms with Gasteiger partial charge in [-0.15, -0.1) is 0 Å². The molecule has 0 heterocycles. The first kappa shape index (κ1) is 78.4. The van der Waals surface area contributed by atoms with E-state index in [-0.39, 0.29) is 21.7 Å². The van der Waals surface area contributed by atoms with Gasteiger partial charge >= 0.3 is 0 Å². The maximum Gasteiger partial charge on any atom is 0.131 e. The molecule has 546 valence electrons. The van der Waals surface area contributed by atoms with Gasteiger partial charge in [-0.1, -0.05) is 308 Å². The van der Waals surface area contributed by atoms with E-state index in [0.29, 0.717) is 40.7 Å². The highest BCUT2D eigenvalue weighted by atomic mass is 28.3. The Kier molecular flexibility index (Phi) is 22.0. The number of fused-ring (bicyclic) bond motifs is 4. The van der Waals surface area contributed by atoms with Crippen LogP contribution in [0.3, 0.4) is 0 Å². The topological polar surface area (TPSA) is 18.5 Å². The average molecular weight is 1400 g/mol. The molecule has 0 bridgehead atoms. The smallest absolute Gasteiger partial charge is 0.131 e. The van der Waals surface area contributed by atoms with Crippen LogP contribution in [0.5, 0.6) is 5.75 Å². The molecular formula is C98H134O2Si2. The van der Waals surface area contributed by atoms with Gasteiger partial charge in [0.1, 0.15) is 11.5 Å². The summed E-state index contributed by atoms with van der Waals surface area (Å²) in [6.45, 7) is 74.0. The van der Waals surface area contributed by atoms with Crippen molar-refractivity contribution < 1.29 is 9.47 Å². The predicted molar refractivity (Wildman–Crippen MR) is 453 cm³/mol. The third-order valence-electron chi connectivity index (χ3n) is 24.9. The number of rotatable bonds is 10. The Morgan fingerprint density at radius 2 is 0.814 bits per heavy atom. The van der Waals surface area contributed by atoms with Crippen LogP contribution in [-0.2, 0) is 15.6 Å². The maximum absolute atomic E-state index is 6.45. The standard InChI is InChI=1S/C48H60OSi.C47H66OSi.C3H8/c1-27-17-28(2)20-34(19-27)42-33(7)40(47(8,9)10)25-38-36(42)23-31(5)45(38)50(15,16)46-32(6)24-37-39(46)26-41(48(11,12)13)44(49-14)43(37)35-21-29(3)18-30(4)22-35;1-27-18-28(2)21-33(20-27)42-32(6)39(46(7,8)9)25-36-35(42)16-17-41(36)49(14,15)45-31(5)24-37-38(45)26-40(47(10,11)12)44(48-13)43(37)34-22-29(3)19-30(4)23-34;1-3-2/h17-26,45-46H,1-16H3;18-23,25-26,31,35-38,41,45H,16-17,24H2,1-15H3;3H2,1-2H3. The van der Waals surface area contributed by atoms with Gasteiger partial charge in [0.05, 0.1) is 30.4 Å². The van der Waals surface area contributed by atoms with Gasteiger partial charge in [-0.05, 0) is 242 Å². The zero-order valence-electron chi connectivity index (χ0n) is 70.2. The van der Waals surface area contributed by atoms with E-state index in [1.54, 1.807) is 22.3 Å². The predicted octanol–water partition coefficient (Wildman–Crippen LogP) is 28.5. The average Bonchev–Trinajstić information content (AvgIpc) is 1.54. The fourth-order valence-corrected chi connectivity index (χ4v) is 32.4. The van der Waals surface area contributed by atoms with Crippen LogP contribution in [0.4, 0.5) is 0 Å². The molecule has 0 N–H and O–H groups in total. The molecule has 9 unspecified atom stereocenters. The minimum absolute atomic E-state index is 0.0118. The number of benzene rings is 6. The second-order valence-corrected chi connectivity index (χ2v) is 48.5. The maximum atomic E-state index is 6.45. The van der Waals surface area contributed by atoms with E-state index in [9.17, 15) is 0 Å². The molecule has 12 rings (SSSR count). The summed E-state index contributed by atoms with van der Waals surface area (Å²) in [5.41, 5.74) is 42.0. The van der Waals surface area contributed by atoms with Gasteiger partial charge in [-0.2, -0.15) is 0 Å². The van der Waals surface area contributed by atoms with Crippen LogP contribution in [0, 0.1) is 103 Å². The van der Waals surface area contributed by atoms with E-state index in [2.05, 4.69) is 322 Å². The molecule has 0 saturated heterocycles. The quantitative estimate of drug-likeness (QED) is 0.127. The second kappa shape index (κ2) is 28.6. The van der Waals surface area contributed by atoms with E-state index in [1.165, 1.54) is 159 Å². The number of allylic oxidation sites excluding steroid dienone is 9. The van der Waals surface area contributed by atoms with E-state index >= 15 is 0 Å². The van der Waals surface area contributed by atoms with Crippen LogP contribution in [-0.4, -0.2) is 30.4 Å². The summed E-state index contributed by atoms with van der Waals surface area (Å²) in [7, 11) is -0.201. The van der Waals surface area contributed by atoms with Crippen molar-refractivity contribution in [2.75, 3.05) is 14.2 Å². The van der Waals surface area contributed by atoms with Crippen LogP contribution >= 0.6 is 0 Å². The fraction of sp³-hybridized carbons (Fsp3) is 0.510. The summed E-state index contributed by atoms with van der Waals surface area (Å²) in [5.74, 6) is 5.18. The Hall–Kier alpha value is -6.21. The highest BCUT2D eigenvalue weighted by molar-refractivity contribution is 6.82. The number of ether oxygens (including phenoxy) is 2. The molecule has 9 atom stereocenters. The lowest BCUT2D eigenvalue weighted by Crippen LogP contribution is -2.45. The van der Waals surface area contributed by atoms with Crippen molar-refractivity contribution >= 4 is 39.4 Å². The molecule has 102 heavy (non-hydrogen) atoms. The van der Waals surface area contributed by atoms with Crippen molar-refractivity contribution in [3.63, 3.8) is 0 Å². The molecule has 0 spiro atoms. The van der Waals surface area contributed by atoms with Crippen molar-refractivity contribution in [2.45, 2.75) is 272 Å². The summed E-state index contributed by atoms with van der Waals surface area (Å²) in [4.78, 5) is 0. The molecule has 6 aromatic carbocycles. The minimum atomic E-state index is -2.14. The molecule has 6 aliphatic carbocycles. The summed E-state index contributed by atoms with van der Waals surface area (Å²) in [6.07, 6.45) is 15.8. The SMILES string of the molecule is CCC.COC1=C(c2cc(C)cc(C)c2)C2CC(C)C([Si](C)(C)C3CCC4C(c5cc(C)cc(C)c5)=C(C)C(C(C)(C)C)=CC43)C2C=C1C(C)(C)C.COc1c(C(C)(C)C)cc2c(c1-c1cc(C)cc(C)c1)C=C(C)C2[Si](C)(C)C1C(C)=Cc2c1cc(C(C)(C)C)c(C)c2-c1cc(C)cc(C)c1. The van der Waals surface area contributed by atoms with Crippen LogP contribution in [0.1, 0.15) is 256 Å². The second-order valence-electron chi connectivity index (χ2n) is 38.7. The third-order valence-corrected chi connectivity index (χ3v) is 34.7. The van der Waals surface area contributed by atoms with E-state index in [4.69, 9.17) is 9.47 Å². The molecule has 0 radical (unpaired) electrons. The van der Waals surface area contributed by atoms with Gasteiger partial charge in [0, 0.05) is 27.8 Å². The molecule has 0 amide bonds. The largest absolute Gasteiger partial charge is 0.496 e. The summed E-state index contributed by atoms with van der Waals surface area (Å²) in [5, 5.41) is 0. The molecule has 2 nitrogen and oxygen atoms in total. The van der Waals surface area contributed by atoms with Gasteiger partial charge in [-0.3, -0.25) is 0 Å². The normalized spacial score (nSPS) is 22.7. The van der Waals surface area contributed by atoms with E-state index in [0.717, 1.165) is 22.6 Å². The highest BCUT2D eigenvalue weighted by Gasteiger charge is 2.58. The highest BCUT2D eigenvalue weighted by Crippen LogP contribution is 2.67.